The zero-order valence-corrected chi connectivity index (χ0v) is 23.3. The highest BCUT2D eigenvalue weighted by molar-refractivity contribution is 9.10. The second kappa shape index (κ2) is 14.1. The lowest BCUT2D eigenvalue weighted by molar-refractivity contribution is -0.150. The van der Waals surface area contributed by atoms with Gasteiger partial charge in [-0.15, -0.1) is 0 Å². The first-order chi connectivity index (χ1) is 16.7. The number of nitrogens with zero attached hydrogens (tertiary/aromatic N) is 1. The molecule has 0 fully saturated rings. The van der Waals surface area contributed by atoms with Crippen LogP contribution in [0.25, 0.3) is 0 Å². The second-order valence-electron chi connectivity index (χ2n) is 8.64. The largest absolute Gasteiger partial charge is 0.464 e. The van der Waals surface area contributed by atoms with E-state index < -0.39 is 26.8 Å². The van der Waals surface area contributed by atoms with E-state index in [0.717, 1.165) is 5.56 Å². The van der Waals surface area contributed by atoms with Gasteiger partial charge in [-0.1, -0.05) is 79.2 Å². The highest BCUT2D eigenvalue weighted by Gasteiger charge is 2.52. The smallest absolute Gasteiger partial charge is 0.329 e. The molecule has 0 amide bonds. The topological polar surface area (TPSA) is 102 Å². The van der Waals surface area contributed by atoms with Crippen molar-refractivity contribution in [2.75, 3.05) is 26.2 Å². The number of carbonyl (C=O) groups is 1. The second-order valence-corrected chi connectivity index (χ2v) is 11.6. The van der Waals surface area contributed by atoms with Gasteiger partial charge < -0.3 is 15.8 Å². The molecule has 0 heterocycles. The van der Waals surface area contributed by atoms with Crippen LogP contribution in [0.3, 0.4) is 0 Å². The van der Waals surface area contributed by atoms with Gasteiger partial charge in [-0.05, 0) is 42.5 Å². The number of nitrogens with one attached hydrogen (secondary N) is 1. The van der Waals surface area contributed by atoms with Gasteiger partial charge in [0.1, 0.15) is 10.8 Å². The summed E-state index contributed by atoms with van der Waals surface area (Å²) in [5.74, 6) is -0.735. The van der Waals surface area contributed by atoms with Crippen molar-refractivity contribution in [3.8, 4) is 0 Å². The Kier molecular flexibility index (Phi) is 11.9. The minimum absolute atomic E-state index is 0.0764. The van der Waals surface area contributed by atoms with Gasteiger partial charge in [0.25, 0.3) is 0 Å². The van der Waals surface area contributed by atoms with Crippen LogP contribution >= 0.6 is 15.9 Å². The number of rotatable bonds is 15. The molecule has 0 saturated carbocycles. The third-order valence-corrected chi connectivity index (χ3v) is 8.50. The molecular formula is C26H38BrN3O4S. The van der Waals surface area contributed by atoms with Gasteiger partial charge in [-0.25, -0.2) is 17.5 Å². The zero-order chi connectivity index (χ0) is 25.9. The summed E-state index contributed by atoms with van der Waals surface area (Å²) in [6, 6.07) is 16.6. The molecule has 2 aromatic rings. The van der Waals surface area contributed by atoms with Gasteiger partial charge in [0.2, 0.25) is 10.0 Å². The molecule has 0 spiro atoms. The van der Waals surface area contributed by atoms with Crippen molar-refractivity contribution in [3.63, 3.8) is 0 Å². The number of sulfonamides is 1. The molecule has 2 atom stereocenters. The fourth-order valence-corrected chi connectivity index (χ4v) is 6.82. The van der Waals surface area contributed by atoms with Gasteiger partial charge in [-0.2, -0.15) is 0 Å². The highest BCUT2D eigenvalue weighted by Crippen LogP contribution is 2.37. The van der Waals surface area contributed by atoms with Crippen LogP contribution in [0.1, 0.15) is 56.4 Å². The quantitative estimate of drug-likeness (QED) is 0.309. The van der Waals surface area contributed by atoms with E-state index in [1.165, 1.54) is 4.31 Å². The lowest BCUT2D eigenvalue weighted by Gasteiger charge is -2.38. The van der Waals surface area contributed by atoms with E-state index in [1.807, 2.05) is 57.2 Å². The molecule has 0 aliphatic heterocycles. The number of nitrogens with two attached hydrogens (primary N) is 1. The van der Waals surface area contributed by atoms with E-state index in [-0.39, 0.29) is 13.2 Å². The first-order valence-electron chi connectivity index (χ1n) is 12.2. The predicted molar refractivity (Wildman–Crippen MR) is 144 cm³/mol. The summed E-state index contributed by atoms with van der Waals surface area (Å²) in [7, 11) is -4.03. The number of hydrogen-bond acceptors (Lipinski definition) is 6. The molecule has 2 unspecified atom stereocenters. The van der Waals surface area contributed by atoms with Crippen molar-refractivity contribution in [1.82, 2.24) is 9.62 Å². The zero-order valence-electron chi connectivity index (χ0n) is 20.9. The summed E-state index contributed by atoms with van der Waals surface area (Å²) in [6.07, 6.45) is 1.90. The van der Waals surface area contributed by atoms with Gasteiger partial charge in [0.15, 0.2) is 0 Å². The highest BCUT2D eigenvalue weighted by atomic mass is 79.9. The summed E-state index contributed by atoms with van der Waals surface area (Å²) in [6.45, 7) is 6.95. The van der Waals surface area contributed by atoms with Crippen molar-refractivity contribution >= 4 is 31.9 Å². The molecule has 0 radical (unpaired) electrons. The Hall–Kier alpha value is -1.78. The normalized spacial score (nSPS) is 14.5. The van der Waals surface area contributed by atoms with Crippen molar-refractivity contribution in [3.05, 3.63) is 70.2 Å². The van der Waals surface area contributed by atoms with E-state index in [9.17, 15) is 13.2 Å². The van der Waals surface area contributed by atoms with E-state index >= 15 is 0 Å². The Morgan fingerprint density at radius 1 is 1.06 bits per heavy atom. The molecule has 0 aliphatic carbocycles. The van der Waals surface area contributed by atoms with Gasteiger partial charge in [0, 0.05) is 30.7 Å². The van der Waals surface area contributed by atoms with Gasteiger partial charge in [0.05, 0.1) is 6.61 Å². The molecular weight excluding hydrogens is 530 g/mol. The Bertz CT molecular complexity index is 1030. The monoisotopic (exact) mass is 567 g/mol. The fourth-order valence-electron chi connectivity index (χ4n) is 4.03. The molecule has 2 rings (SSSR count). The van der Waals surface area contributed by atoms with Crippen molar-refractivity contribution in [2.45, 2.75) is 57.4 Å². The number of esters is 1. The SMILES string of the molecule is CCCOC(=O)C(N)(CNCc1ccccc1)C(c1cccc(Br)c1)S(=O)(=O)N(CCC)CCC. The molecule has 9 heteroatoms. The molecule has 0 aliphatic rings. The van der Waals surface area contributed by atoms with E-state index in [4.69, 9.17) is 10.5 Å². The minimum atomic E-state index is -4.03. The van der Waals surface area contributed by atoms with Crippen molar-refractivity contribution in [1.29, 1.82) is 0 Å². The van der Waals surface area contributed by atoms with E-state index in [2.05, 4.69) is 21.2 Å². The average molecular weight is 569 g/mol. The summed E-state index contributed by atoms with van der Waals surface area (Å²) < 4.78 is 36.0. The number of ether oxygens (including phenoxy) is 1. The molecule has 0 bridgehead atoms. The van der Waals surface area contributed by atoms with Crippen LogP contribution in [-0.2, 0) is 26.1 Å². The maximum absolute atomic E-state index is 14.2. The van der Waals surface area contributed by atoms with Gasteiger partial charge >= 0.3 is 5.97 Å². The standard InChI is InChI=1S/C26H38BrN3O4S/c1-4-15-30(16-5-2)35(32,33)24(22-13-10-14-23(27)18-22)26(28,25(31)34-17-6-3)20-29-19-21-11-8-7-9-12-21/h7-14,18,24,29H,4-6,15-17,19-20,28H2,1-3H3. The van der Waals surface area contributed by atoms with E-state index in [0.29, 0.717) is 48.9 Å². The van der Waals surface area contributed by atoms with Crippen LogP contribution in [0.2, 0.25) is 0 Å². The minimum Gasteiger partial charge on any atom is -0.464 e. The summed E-state index contributed by atoms with van der Waals surface area (Å²) in [4.78, 5) is 13.5. The predicted octanol–water partition coefficient (Wildman–Crippen LogP) is 4.38. The van der Waals surface area contributed by atoms with Crippen molar-refractivity contribution < 1.29 is 17.9 Å². The van der Waals surface area contributed by atoms with Crippen LogP contribution in [0.5, 0.6) is 0 Å². The Morgan fingerprint density at radius 2 is 1.71 bits per heavy atom. The molecule has 3 N–H and O–H groups in total. The third-order valence-electron chi connectivity index (χ3n) is 5.63. The first-order valence-corrected chi connectivity index (χ1v) is 14.4. The first kappa shape index (κ1) is 29.5. The van der Waals surface area contributed by atoms with Crippen LogP contribution < -0.4 is 11.1 Å². The Balaban J connectivity index is 2.59. The number of hydrogen-bond donors (Lipinski definition) is 2. The Morgan fingerprint density at radius 3 is 2.29 bits per heavy atom. The van der Waals surface area contributed by atoms with Crippen LogP contribution in [0.4, 0.5) is 0 Å². The molecule has 35 heavy (non-hydrogen) atoms. The summed E-state index contributed by atoms with van der Waals surface area (Å²) in [5.41, 5.74) is 6.41. The molecule has 194 valence electrons. The number of benzene rings is 2. The van der Waals surface area contributed by atoms with Crippen molar-refractivity contribution in [2.24, 2.45) is 5.73 Å². The fraction of sp³-hybridized carbons (Fsp3) is 0.500. The summed E-state index contributed by atoms with van der Waals surface area (Å²) in [5, 5.41) is 1.88. The lowest BCUT2D eigenvalue weighted by atomic mass is 9.90. The van der Waals surface area contributed by atoms with E-state index in [1.54, 1.807) is 18.2 Å². The van der Waals surface area contributed by atoms with Crippen LogP contribution in [0.15, 0.2) is 59.1 Å². The molecule has 2 aromatic carbocycles. The molecule has 0 saturated heterocycles. The molecule has 0 aromatic heterocycles. The van der Waals surface area contributed by atoms with Gasteiger partial charge in [-0.3, -0.25) is 0 Å². The van der Waals surface area contributed by atoms with Crippen LogP contribution in [0, 0.1) is 0 Å². The third kappa shape index (κ3) is 7.85. The maximum atomic E-state index is 14.2. The number of carbonyl (C=O) groups excluding carboxylic acids is 1. The number of halogens is 1. The van der Waals surface area contributed by atoms with Crippen LogP contribution in [-0.4, -0.2) is 50.5 Å². The maximum Gasteiger partial charge on any atom is 0.329 e. The lowest BCUT2D eigenvalue weighted by Crippen LogP contribution is -2.63. The summed E-state index contributed by atoms with van der Waals surface area (Å²) >= 11 is 3.44. The average Bonchev–Trinajstić information content (AvgIpc) is 2.83. The Labute approximate surface area is 218 Å². The molecule has 7 nitrogen and oxygen atoms in total.